The van der Waals surface area contributed by atoms with Crippen molar-refractivity contribution in [3.8, 4) is 11.4 Å². The summed E-state index contributed by atoms with van der Waals surface area (Å²) >= 11 is 12.3. The highest BCUT2D eigenvalue weighted by Crippen LogP contribution is 2.29. The third kappa shape index (κ3) is 2.59. The van der Waals surface area contributed by atoms with E-state index in [9.17, 15) is 0 Å². The minimum absolute atomic E-state index is 0.505. The molecule has 0 fully saturated rings. The predicted octanol–water partition coefficient (Wildman–Crippen LogP) is 4.47. The van der Waals surface area contributed by atoms with Gasteiger partial charge >= 0.3 is 0 Å². The fourth-order valence-electron chi connectivity index (χ4n) is 2.41. The zero-order chi connectivity index (χ0) is 14.8. The minimum Gasteiger partial charge on any atom is -0.497 e. The first-order valence-corrected chi connectivity index (χ1v) is 7.52. The summed E-state index contributed by atoms with van der Waals surface area (Å²) in [6.07, 6.45) is 0.670. The molecule has 5 heteroatoms. The molecule has 0 amide bonds. The molecule has 3 rings (SSSR count). The number of nitrogens with zero attached hydrogens (tertiary/aromatic N) is 2. The van der Waals surface area contributed by atoms with Gasteiger partial charge in [-0.15, -0.1) is 11.6 Å². The van der Waals surface area contributed by atoms with Crippen LogP contribution in [0, 0.1) is 0 Å². The molecular weight excluding hydrogens is 307 g/mol. The molecule has 3 nitrogen and oxygen atoms in total. The topological polar surface area (TPSA) is 27.1 Å². The van der Waals surface area contributed by atoms with Crippen LogP contribution in [-0.2, 0) is 6.42 Å². The smallest absolute Gasteiger partial charge is 0.120 e. The Bertz CT molecular complexity index is 783. The molecule has 3 aromatic rings. The first-order valence-electron chi connectivity index (χ1n) is 6.61. The Morgan fingerprint density at radius 1 is 1.19 bits per heavy atom. The quantitative estimate of drug-likeness (QED) is 0.663. The summed E-state index contributed by atoms with van der Waals surface area (Å²) < 4.78 is 7.35. The maximum absolute atomic E-state index is 6.37. The highest BCUT2D eigenvalue weighted by atomic mass is 35.5. The van der Waals surface area contributed by atoms with Crippen molar-refractivity contribution in [1.82, 2.24) is 9.55 Å². The second-order valence-corrected chi connectivity index (χ2v) is 5.40. The van der Waals surface area contributed by atoms with Crippen LogP contribution in [0.2, 0.25) is 5.02 Å². The van der Waals surface area contributed by atoms with Crippen LogP contribution in [0.3, 0.4) is 0 Å². The number of hydrogen-bond donors (Lipinski definition) is 0. The lowest BCUT2D eigenvalue weighted by molar-refractivity contribution is 0.414. The number of para-hydroxylation sites is 1. The van der Waals surface area contributed by atoms with E-state index in [0.29, 0.717) is 17.3 Å². The zero-order valence-electron chi connectivity index (χ0n) is 11.5. The SMILES string of the molecule is COc1cccc(-n2c(CCCl)nc3cccc(Cl)c32)c1. The lowest BCUT2D eigenvalue weighted by Crippen LogP contribution is -2.02. The second-order valence-electron chi connectivity index (χ2n) is 4.61. The van der Waals surface area contributed by atoms with Gasteiger partial charge in [0.15, 0.2) is 0 Å². The predicted molar refractivity (Wildman–Crippen MR) is 87.1 cm³/mol. The third-order valence-electron chi connectivity index (χ3n) is 3.33. The fourth-order valence-corrected chi connectivity index (χ4v) is 2.84. The number of alkyl halides is 1. The van der Waals surface area contributed by atoms with Crippen molar-refractivity contribution in [3.63, 3.8) is 0 Å². The molecule has 0 atom stereocenters. The standard InChI is InChI=1S/C16H14Cl2N2O/c1-21-12-5-2-4-11(10-12)20-15(8-9-17)19-14-7-3-6-13(18)16(14)20/h2-7,10H,8-9H2,1H3. The molecule has 0 radical (unpaired) electrons. The normalized spacial score (nSPS) is 11.0. The van der Waals surface area contributed by atoms with E-state index in [1.807, 2.05) is 47.0 Å². The van der Waals surface area contributed by atoms with E-state index in [4.69, 9.17) is 27.9 Å². The van der Waals surface area contributed by atoms with Crippen LogP contribution in [0.1, 0.15) is 5.82 Å². The van der Waals surface area contributed by atoms with Gasteiger partial charge in [0.25, 0.3) is 0 Å². The summed E-state index contributed by atoms with van der Waals surface area (Å²) in [4.78, 5) is 4.65. The van der Waals surface area contributed by atoms with Crippen LogP contribution in [0.5, 0.6) is 5.75 Å². The third-order valence-corrected chi connectivity index (χ3v) is 3.82. The maximum Gasteiger partial charge on any atom is 0.120 e. The Kier molecular flexibility index (Phi) is 4.04. The number of methoxy groups -OCH3 is 1. The van der Waals surface area contributed by atoms with Crippen LogP contribution in [0.25, 0.3) is 16.7 Å². The highest BCUT2D eigenvalue weighted by Gasteiger charge is 2.14. The summed E-state index contributed by atoms with van der Waals surface area (Å²) in [6.45, 7) is 0. The molecule has 0 spiro atoms. The van der Waals surface area contributed by atoms with E-state index < -0.39 is 0 Å². The number of halogens is 2. The molecule has 0 aliphatic carbocycles. The summed E-state index contributed by atoms with van der Waals surface area (Å²) in [6, 6.07) is 13.5. The van der Waals surface area contributed by atoms with Gasteiger partial charge in [-0.3, -0.25) is 4.57 Å². The molecule has 1 aromatic heterocycles. The van der Waals surface area contributed by atoms with E-state index in [1.54, 1.807) is 7.11 Å². The van der Waals surface area contributed by atoms with Crippen LogP contribution in [0.4, 0.5) is 0 Å². The van der Waals surface area contributed by atoms with Crippen molar-refractivity contribution in [3.05, 3.63) is 53.3 Å². The lowest BCUT2D eigenvalue weighted by atomic mass is 10.2. The Balaban J connectivity index is 2.30. The van der Waals surface area contributed by atoms with Gasteiger partial charge in [-0.2, -0.15) is 0 Å². The van der Waals surface area contributed by atoms with Crippen molar-refractivity contribution in [2.75, 3.05) is 13.0 Å². The van der Waals surface area contributed by atoms with Crippen molar-refractivity contribution in [2.24, 2.45) is 0 Å². The number of aryl methyl sites for hydroxylation is 1. The van der Waals surface area contributed by atoms with Crippen molar-refractivity contribution >= 4 is 34.2 Å². The molecule has 0 bridgehead atoms. The number of fused-ring (bicyclic) bond motifs is 1. The Morgan fingerprint density at radius 3 is 2.76 bits per heavy atom. The first-order chi connectivity index (χ1) is 10.2. The molecule has 0 N–H and O–H groups in total. The second kappa shape index (κ2) is 5.96. The summed E-state index contributed by atoms with van der Waals surface area (Å²) in [7, 11) is 1.65. The first kappa shape index (κ1) is 14.2. The van der Waals surface area contributed by atoms with Crippen LogP contribution >= 0.6 is 23.2 Å². The van der Waals surface area contributed by atoms with E-state index >= 15 is 0 Å². The van der Waals surface area contributed by atoms with E-state index in [0.717, 1.165) is 28.3 Å². The number of rotatable bonds is 4. The highest BCUT2D eigenvalue weighted by molar-refractivity contribution is 6.35. The largest absolute Gasteiger partial charge is 0.497 e. The molecule has 21 heavy (non-hydrogen) atoms. The summed E-state index contributed by atoms with van der Waals surface area (Å²) in [5, 5.41) is 0.670. The molecule has 108 valence electrons. The number of ether oxygens (including phenoxy) is 1. The monoisotopic (exact) mass is 320 g/mol. The number of hydrogen-bond acceptors (Lipinski definition) is 2. The summed E-state index contributed by atoms with van der Waals surface area (Å²) in [5.41, 5.74) is 2.73. The Morgan fingerprint density at radius 2 is 2.00 bits per heavy atom. The van der Waals surface area contributed by atoms with E-state index in [-0.39, 0.29) is 0 Å². The van der Waals surface area contributed by atoms with Gasteiger partial charge in [0.1, 0.15) is 11.6 Å². The van der Waals surface area contributed by atoms with Crippen molar-refractivity contribution in [1.29, 1.82) is 0 Å². The molecule has 0 aliphatic heterocycles. The zero-order valence-corrected chi connectivity index (χ0v) is 13.0. The number of imidazole rings is 1. The molecular formula is C16H14Cl2N2O. The Labute approximate surface area is 133 Å². The molecule has 2 aromatic carbocycles. The maximum atomic E-state index is 6.37. The van der Waals surface area contributed by atoms with Crippen molar-refractivity contribution < 1.29 is 4.74 Å². The van der Waals surface area contributed by atoms with Gasteiger partial charge in [-0.05, 0) is 24.3 Å². The van der Waals surface area contributed by atoms with Crippen LogP contribution in [-0.4, -0.2) is 22.5 Å². The Hall–Kier alpha value is -1.71. The lowest BCUT2D eigenvalue weighted by Gasteiger charge is -2.10. The van der Waals surface area contributed by atoms with Crippen LogP contribution < -0.4 is 4.74 Å². The molecule has 0 aliphatic rings. The van der Waals surface area contributed by atoms with Gasteiger partial charge in [0.2, 0.25) is 0 Å². The van der Waals surface area contributed by atoms with Crippen molar-refractivity contribution in [2.45, 2.75) is 6.42 Å². The van der Waals surface area contributed by atoms with E-state index in [1.165, 1.54) is 0 Å². The number of aromatic nitrogens is 2. The van der Waals surface area contributed by atoms with Gasteiger partial charge in [0, 0.05) is 18.4 Å². The average molecular weight is 321 g/mol. The van der Waals surface area contributed by atoms with Gasteiger partial charge in [0.05, 0.1) is 28.9 Å². The molecule has 0 saturated heterocycles. The molecule has 1 heterocycles. The fraction of sp³-hybridized carbons (Fsp3) is 0.188. The molecule has 0 unspecified atom stereocenters. The van der Waals surface area contributed by atoms with Gasteiger partial charge in [-0.1, -0.05) is 23.7 Å². The minimum atomic E-state index is 0.505. The van der Waals surface area contributed by atoms with Gasteiger partial charge in [-0.25, -0.2) is 4.98 Å². The van der Waals surface area contributed by atoms with E-state index in [2.05, 4.69) is 4.98 Å². The van der Waals surface area contributed by atoms with Crippen LogP contribution in [0.15, 0.2) is 42.5 Å². The number of benzene rings is 2. The molecule has 0 saturated carbocycles. The summed E-state index contributed by atoms with van der Waals surface area (Å²) in [5.74, 6) is 2.19. The average Bonchev–Trinajstić information content (AvgIpc) is 2.87. The van der Waals surface area contributed by atoms with Gasteiger partial charge < -0.3 is 4.74 Å².